The zero-order chi connectivity index (χ0) is 17.7. The van der Waals surface area contributed by atoms with E-state index in [0.29, 0.717) is 0 Å². The fraction of sp³-hybridized carbons (Fsp3) is 0.462. The van der Waals surface area contributed by atoms with Crippen LogP contribution < -0.4 is 10.5 Å². The number of hydrogen-bond acceptors (Lipinski definition) is 7. The first kappa shape index (κ1) is 22.8. The molecule has 0 saturated carbocycles. The van der Waals surface area contributed by atoms with Crippen LogP contribution in [0.3, 0.4) is 0 Å². The number of methoxy groups -OCH3 is 1. The predicted molar refractivity (Wildman–Crippen MR) is 92.3 cm³/mol. The van der Waals surface area contributed by atoms with E-state index in [1.54, 1.807) is 19.1 Å². The van der Waals surface area contributed by atoms with E-state index in [-0.39, 0.29) is 29.6 Å². The van der Waals surface area contributed by atoms with Crippen LogP contribution in [0.25, 0.3) is 0 Å². The van der Waals surface area contributed by atoms with Gasteiger partial charge in [-0.15, -0.1) is 12.4 Å². The summed E-state index contributed by atoms with van der Waals surface area (Å²) in [7, 11) is -6.72. The first-order chi connectivity index (χ1) is 10.6. The molecule has 0 bridgehead atoms. The summed E-state index contributed by atoms with van der Waals surface area (Å²) < 4.78 is 54.7. The number of benzene rings is 1. The molecule has 1 aromatic rings. The molecule has 0 aliphatic carbocycles. The van der Waals surface area contributed by atoms with Crippen molar-refractivity contribution >= 4 is 38.2 Å². The molecule has 1 rings (SSSR count). The molecule has 0 spiro atoms. The Morgan fingerprint density at radius 2 is 1.75 bits per heavy atom. The van der Waals surface area contributed by atoms with Gasteiger partial charge < -0.3 is 10.5 Å². The third kappa shape index (κ3) is 6.73. The number of esters is 1. The van der Waals surface area contributed by atoms with Gasteiger partial charge >= 0.3 is 5.97 Å². The second-order valence-corrected chi connectivity index (χ2v) is 8.86. The Bertz CT molecular complexity index is 747. The zero-order valence-corrected chi connectivity index (χ0v) is 15.7. The van der Waals surface area contributed by atoms with E-state index in [1.807, 2.05) is 0 Å². The van der Waals surface area contributed by atoms with Crippen LogP contribution in [-0.2, 0) is 29.4 Å². The van der Waals surface area contributed by atoms with Crippen molar-refractivity contribution in [1.82, 2.24) is 4.72 Å². The molecule has 138 valence electrons. The number of nitrogens with one attached hydrogen (secondary N) is 1. The van der Waals surface area contributed by atoms with Gasteiger partial charge in [0.1, 0.15) is 6.04 Å². The van der Waals surface area contributed by atoms with Crippen LogP contribution >= 0.6 is 12.4 Å². The number of carbonyl (C=O) groups is 1. The van der Waals surface area contributed by atoms with E-state index in [4.69, 9.17) is 5.73 Å². The summed E-state index contributed by atoms with van der Waals surface area (Å²) in [6.07, 6.45) is 0. The molecule has 0 radical (unpaired) electrons. The smallest absolute Gasteiger partial charge is 0.324 e. The van der Waals surface area contributed by atoms with Gasteiger partial charge in [-0.25, -0.2) is 16.8 Å². The highest BCUT2D eigenvalue weighted by molar-refractivity contribution is 7.91. The number of nitrogens with two attached hydrogens (primary N) is 1. The first-order valence-corrected chi connectivity index (χ1v) is 9.99. The highest BCUT2D eigenvalue weighted by atomic mass is 35.5. The third-order valence-electron chi connectivity index (χ3n) is 2.96. The van der Waals surface area contributed by atoms with Crippen LogP contribution in [0.4, 0.5) is 0 Å². The number of hydrogen-bond donors (Lipinski definition) is 2. The van der Waals surface area contributed by atoms with Crippen molar-refractivity contribution in [3.8, 4) is 0 Å². The number of halogens is 1. The van der Waals surface area contributed by atoms with Crippen molar-refractivity contribution < 1.29 is 26.4 Å². The van der Waals surface area contributed by atoms with E-state index in [2.05, 4.69) is 9.46 Å². The van der Waals surface area contributed by atoms with Crippen LogP contribution in [0.5, 0.6) is 0 Å². The summed E-state index contributed by atoms with van der Waals surface area (Å²) in [4.78, 5) is 11.6. The largest absolute Gasteiger partial charge is 0.468 e. The van der Waals surface area contributed by atoms with Gasteiger partial charge in [-0.1, -0.05) is 17.7 Å². The quantitative estimate of drug-likeness (QED) is 0.567. The average molecular weight is 401 g/mol. The van der Waals surface area contributed by atoms with Gasteiger partial charge in [-0.05, 0) is 19.1 Å². The monoisotopic (exact) mass is 400 g/mol. The molecule has 0 fully saturated rings. The van der Waals surface area contributed by atoms with Crippen molar-refractivity contribution in [2.24, 2.45) is 5.73 Å². The van der Waals surface area contributed by atoms with Gasteiger partial charge in [-0.3, -0.25) is 4.79 Å². The maximum atomic E-state index is 12.3. The van der Waals surface area contributed by atoms with Crippen molar-refractivity contribution in [2.75, 3.05) is 25.2 Å². The molecule has 0 saturated heterocycles. The molecule has 0 aliphatic rings. The van der Waals surface area contributed by atoms with Gasteiger partial charge in [0.15, 0.2) is 9.84 Å². The first-order valence-electron chi connectivity index (χ1n) is 6.68. The summed E-state index contributed by atoms with van der Waals surface area (Å²) in [6, 6.07) is 4.36. The molecule has 0 heterocycles. The van der Waals surface area contributed by atoms with E-state index in [9.17, 15) is 21.6 Å². The lowest BCUT2D eigenvalue weighted by molar-refractivity contribution is -0.142. The summed E-state index contributed by atoms with van der Waals surface area (Å²) in [5.74, 6) is -2.06. The van der Waals surface area contributed by atoms with Gasteiger partial charge in [0.05, 0.1) is 23.5 Å². The Morgan fingerprint density at radius 3 is 2.21 bits per heavy atom. The molecule has 0 aromatic heterocycles. The maximum absolute atomic E-state index is 12.3. The number of sulfonamides is 1. The minimum absolute atomic E-state index is 0. The molecule has 3 N–H and O–H groups in total. The summed E-state index contributed by atoms with van der Waals surface area (Å²) >= 11 is 0. The zero-order valence-electron chi connectivity index (χ0n) is 13.3. The molecule has 0 amide bonds. The Kier molecular flexibility index (Phi) is 8.86. The lowest BCUT2D eigenvalue weighted by Gasteiger charge is -2.16. The number of ether oxygens (including phenoxy) is 1. The van der Waals surface area contributed by atoms with Crippen LogP contribution in [0, 0.1) is 6.92 Å². The van der Waals surface area contributed by atoms with Crippen molar-refractivity contribution in [3.63, 3.8) is 0 Å². The topological polar surface area (TPSA) is 133 Å². The van der Waals surface area contributed by atoms with Crippen LogP contribution in [0.1, 0.15) is 5.56 Å². The summed E-state index contributed by atoms with van der Waals surface area (Å²) in [5.41, 5.74) is 6.06. The maximum Gasteiger partial charge on any atom is 0.324 e. The van der Waals surface area contributed by atoms with E-state index in [0.717, 1.165) is 12.7 Å². The highest BCUT2D eigenvalue weighted by Gasteiger charge is 2.30. The summed E-state index contributed by atoms with van der Waals surface area (Å²) in [5, 5.41) is 0. The molecule has 1 atom stereocenters. The SMILES string of the molecule is COC(=O)[C@H](CS(=O)(=O)CCN)NS(=O)(=O)c1ccc(C)cc1.Cl. The lowest BCUT2D eigenvalue weighted by Crippen LogP contribution is -2.46. The number of rotatable bonds is 8. The second kappa shape index (κ2) is 9.33. The summed E-state index contributed by atoms with van der Waals surface area (Å²) in [6.45, 7) is 1.67. The van der Waals surface area contributed by atoms with Crippen LogP contribution in [0.2, 0.25) is 0 Å². The molecule has 1 aromatic carbocycles. The van der Waals surface area contributed by atoms with Crippen LogP contribution in [0.15, 0.2) is 29.2 Å². The molecule has 0 aliphatic heterocycles. The van der Waals surface area contributed by atoms with Crippen molar-refractivity contribution in [3.05, 3.63) is 29.8 Å². The molecule has 24 heavy (non-hydrogen) atoms. The second-order valence-electron chi connectivity index (χ2n) is 4.91. The van der Waals surface area contributed by atoms with E-state index in [1.165, 1.54) is 12.1 Å². The van der Waals surface area contributed by atoms with Gasteiger partial charge in [-0.2, -0.15) is 4.72 Å². The van der Waals surface area contributed by atoms with Gasteiger partial charge in [0, 0.05) is 6.54 Å². The Balaban J connectivity index is 0.00000529. The standard InChI is InChI=1S/C13H20N2O6S2.ClH/c1-10-3-5-11(6-4-10)23(19,20)15-12(13(16)21-2)9-22(17,18)8-7-14;/h3-6,12,15H,7-9,14H2,1-2H3;1H/t12-;/m0./s1. The number of carbonyl (C=O) groups excluding carboxylic acids is 1. The van der Waals surface area contributed by atoms with Gasteiger partial charge in [0.25, 0.3) is 0 Å². The minimum atomic E-state index is -4.07. The molecule has 0 unspecified atom stereocenters. The van der Waals surface area contributed by atoms with Crippen molar-refractivity contribution in [2.45, 2.75) is 17.9 Å². The lowest BCUT2D eigenvalue weighted by atomic mass is 10.2. The Morgan fingerprint density at radius 1 is 1.21 bits per heavy atom. The fourth-order valence-corrected chi connectivity index (χ4v) is 4.33. The Hall–Kier alpha value is -1.20. The third-order valence-corrected chi connectivity index (χ3v) is 6.15. The molecule has 11 heteroatoms. The van der Waals surface area contributed by atoms with Gasteiger partial charge in [0.2, 0.25) is 10.0 Å². The highest BCUT2D eigenvalue weighted by Crippen LogP contribution is 2.11. The molecular weight excluding hydrogens is 380 g/mol. The number of aryl methyl sites for hydroxylation is 1. The normalized spacial score (nSPS) is 13.0. The van der Waals surface area contributed by atoms with E-state index >= 15 is 0 Å². The Labute approximate surface area is 148 Å². The molecular formula is C13H21ClN2O6S2. The van der Waals surface area contributed by atoms with Crippen molar-refractivity contribution in [1.29, 1.82) is 0 Å². The average Bonchev–Trinajstić information content (AvgIpc) is 2.45. The number of sulfone groups is 1. The predicted octanol–water partition coefficient (Wildman–Crippen LogP) is -0.390. The molecule has 8 nitrogen and oxygen atoms in total. The van der Waals surface area contributed by atoms with Crippen LogP contribution in [-0.4, -0.2) is 54.0 Å². The minimum Gasteiger partial charge on any atom is -0.468 e. The van der Waals surface area contributed by atoms with E-state index < -0.39 is 37.6 Å². The fourth-order valence-electron chi connectivity index (χ4n) is 1.78.